The number of para-hydroxylation sites is 1. The number of benzene rings is 2. The number of hydrogen-bond donors (Lipinski definition) is 3. The Bertz CT molecular complexity index is 498. The highest BCUT2D eigenvalue weighted by Crippen LogP contribution is 2.34. The summed E-state index contributed by atoms with van der Waals surface area (Å²) in [6.45, 7) is -0.255. The van der Waals surface area contributed by atoms with E-state index < -0.39 is 0 Å². The molecule has 0 fully saturated rings. The first-order valence-electron chi connectivity index (χ1n) is 5.38. The molecule has 88 valence electrons. The van der Waals surface area contributed by atoms with Crippen molar-refractivity contribution in [2.75, 3.05) is 0 Å². The van der Waals surface area contributed by atoms with Crippen molar-refractivity contribution >= 4 is 0 Å². The van der Waals surface area contributed by atoms with Gasteiger partial charge in [-0.1, -0.05) is 36.4 Å². The number of phenolic OH excluding ortho intramolecular Hbond substituents is 1. The Kier molecular flexibility index (Phi) is 3.42. The van der Waals surface area contributed by atoms with E-state index in [0.29, 0.717) is 22.3 Å². The fourth-order valence-electron chi connectivity index (χ4n) is 1.95. The lowest BCUT2D eigenvalue weighted by Gasteiger charge is -2.13. The summed E-state index contributed by atoms with van der Waals surface area (Å²) in [5.74, 6) is 0.142. The van der Waals surface area contributed by atoms with Gasteiger partial charge in [-0.2, -0.15) is 0 Å². The van der Waals surface area contributed by atoms with Crippen LogP contribution in [-0.2, 0) is 13.2 Å². The summed E-state index contributed by atoms with van der Waals surface area (Å²) in [7, 11) is 0. The first-order chi connectivity index (χ1) is 8.27. The van der Waals surface area contributed by atoms with Crippen LogP contribution < -0.4 is 0 Å². The minimum absolute atomic E-state index is 0.127. The van der Waals surface area contributed by atoms with Crippen molar-refractivity contribution in [2.45, 2.75) is 13.2 Å². The molecule has 0 spiro atoms. The Morgan fingerprint density at radius 2 is 1.35 bits per heavy atom. The molecule has 0 heterocycles. The Hall–Kier alpha value is -1.84. The van der Waals surface area contributed by atoms with Gasteiger partial charge >= 0.3 is 0 Å². The third-order valence-electron chi connectivity index (χ3n) is 2.75. The van der Waals surface area contributed by atoms with Gasteiger partial charge in [0.1, 0.15) is 5.75 Å². The van der Waals surface area contributed by atoms with E-state index in [9.17, 15) is 15.3 Å². The molecule has 0 bridgehead atoms. The maximum atomic E-state index is 9.84. The van der Waals surface area contributed by atoms with Crippen LogP contribution in [-0.4, -0.2) is 15.3 Å². The zero-order chi connectivity index (χ0) is 12.3. The smallest absolute Gasteiger partial charge is 0.123 e. The Morgan fingerprint density at radius 1 is 0.765 bits per heavy atom. The molecule has 0 aromatic heterocycles. The van der Waals surface area contributed by atoms with Gasteiger partial charge in [-0.3, -0.25) is 0 Å². The quantitative estimate of drug-likeness (QED) is 0.756. The van der Waals surface area contributed by atoms with Gasteiger partial charge in [-0.05, 0) is 22.8 Å². The molecule has 17 heavy (non-hydrogen) atoms. The van der Waals surface area contributed by atoms with Crippen molar-refractivity contribution in [1.82, 2.24) is 0 Å². The molecule has 0 aliphatic carbocycles. The molecule has 3 nitrogen and oxygen atoms in total. The fraction of sp³-hybridized carbons (Fsp3) is 0.143. The van der Waals surface area contributed by atoms with Gasteiger partial charge in [0, 0.05) is 5.56 Å². The van der Waals surface area contributed by atoms with Crippen LogP contribution in [0, 0.1) is 0 Å². The highest BCUT2D eigenvalue weighted by molar-refractivity contribution is 5.75. The van der Waals surface area contributed by atoms with Crippen molar-refractivity contribution < 1.29 is 15.3 Å². The molecule has 3 N–H and O–H groups in total. The van der Waals surface area contributed by atoms with Crippen molar-refractivity contribution in [3.63, 3.8) is 0 Å². The summed E-state index contributed by atoms with van der Waals surface area (Å²) in [5.41, 5.74) is 2.72. The fourth-order valence-corrected chi connectivity index (χ4v) is 1.95. The lowest BCUT2D eigenvalue weighted by Crippen LogP contribution is -1.96. The molecule has 0 saturated heterocycles. The minimum Gasteiger partial charge on any atom is -0.507 e. The van der Waals surface area contributed by atoms with Crippen LogP contribution in [0.5, 0.6) is 5.75 Å². The van der Waals surface area contributed by atoms with E-state index in [1.165, 1.54) is 0 Å². The van der Waals surface area contributed by atoms with E-state index in [-0.39, 0.29) is 19.0 Å². The van der Waals surface area contributed by atoms with Crippen LogP contribution in [0.25, 0.3) is 11.1 Å². The number of hydrogen-bond acceptors (Lipinski definition) is 3. The third kappa shape index (κ3) is 2.16. The summed E-state index contributed by atoms with van der Waals surface area (Å²) >= 11 is 0. The number of aromatic hydroxyl groups is 1. The van der Waals surface area contributed by atoms with Crippen molar-refractivity contribution in [2.24, 2.45) is 0 Å². The molecule has 3 heteroatoms. The third-order valence-corrected chi connectivity index (χ3v) is 2.75. The SMILES string of the molecule is OCc1cccc(CO)c1-c1ccccc1O. The molecule has 0 aliphatic rings. The predicted octanol–water partition coefficient (Wildman–Crippen LogP) is 2.04. The lowest BCUT2D eigenvalue weighted by atomic mass is 9.94. The molecule has 2 aromatic rings. The van der Waals surface area contributed by atoms with E-state index in [2.05, 4.69) is 0 Å². The van der Waals surface area contributed by atoms with Gasteiger partial charge in [-0.15, -0.1) is 0 Å². The van der Waals surface area contributed by atoms with Crippen molar-refractivity contribution in [3.8, 4) is 16.9 Å². The Balaban J connectivity index is 2.69. The summed E-state index contributed by atoms with van der Waals surface area (Å²) in [4.78, 5) is 0. The van der Waals surface area contributed by atoms with Gasteiger partial charge in [0.2, 0.25) is 0 Å². The van der Waals surface area contributed by atoms with Crippen molar-refractivity contribution in [3.05, 3.63) is 53.6 Å². The highest BCUT2D eigenvalue weighted by Gasteiger charge is 2.12. The molecular formula is C14H14O3. The lowest BCUT2D eigenvalue weighted by molar-refractivity contribution is 0.276. The van der Waals surface area contributed by atoms with Crippen LogP contribution in [0.4, 0.5) is 0 Å². The molecule has 2 aromatic carbocycles. The van der Waals surface area contributed by atoms with Crippen LogP contribution in [0.2, 0.25) is 0 Å². The second kappa shape index (κ2) is 4.99. The normalized spacial score (nSPS) is 10.5. The van der Waals surface area contributed by atoms with Crippen LogP contribution in [0.1, 0.15) is 11.1 Å². The largest absolute Gasteiger partial charge is 0.507 e. The zero-order valence-corrected chi connectivity index (χ0v) is 9.30. The van der Waals surface area contributed by atoms with E-state index in [4.69, 9.17) is 0 Å². The molecule has 0 saturated carbocycles. The molecule has 0 unspecified atom stereocenters. The summed E-state index contributed by atoms with van der Waals surface area (Å²) < 4.78 is 0. The van der Waals surface area contributed by atoms with Gasteiger partial charge < -0.3 is 15.3 Å². The van der Waals surface area contributed by atoms with E-state index in [0.717, 1.165) is 0 Å². The van der Waals surface area contributed by atoms with Crippen LogP contribution >= 0.6 is 0 Å². The molecule has 2 rings (SSSR count). The molecule has 0 amide bonds. The van der Waals surface area contributed by atoms with E-state index in [1.807, 2.05) is 6.07 Å². The topological polar surface area (TPSA) is 60.7 Å². The average Bonchev–Trinajstić information content (AvgIpc) is 2.38. The standard InChI is InChI=1S/C14H14O3/c15-8-10-4-3-5-11(9-16)14(10)12-6-1-2-7-13(12)17/h1-7,15-17H,8-9H2. The predicted molar refractivity (Wildman–Crippen MR) is 65.4 cm³/mol. The van der Waals surface area contributed by atoms with Gasteiger partial charge in [0.25, 0.3) is 0 Å². The maximum absolute atomic E-state index is 9.84. The van der Waals surface area contributed by atoms with E-state index in [1.54, 1.807) is 36.4 Å². The molecule has 0 aliphatic heterocycles. The zero-order valence-electron chi connectivity index (χ0n) is 9.30. The summed E-state index contributed by atoms with van der Waals surface area (Å²) in [6, 6.07) is 12.2. The van der Waals surface area contributed by atoms with E-state index >= 15 is 0 Å². The average molecular weight is 230 g/mol. The maximum Gasteiger partial charge on any atom is 0.123 e. The molecule has 0 atom stereocenters. The van der Waals surface area contributed by atoms with Crippen LogP contribution in [0.3, 0.4) is 0 Å². The van der Waals surface area contributed by atoms with Crippen LogP contribution in [0.15, 0.2) is 42.5 Å². The van der Waals surface area contributed by atoms with Gasteiger partial charge in [-0.25, -0.2) is 0 Å². The first-order valence-corrected chi connectivity index (χ1v) is 5.38. The number of aliphatic hydroxyl groups is 2. The van der Waals surface area contributed by atoms with Gasteiger partial charge in [0.05, 0.1) is 13.2 Å². The number of rotatable bonds is 3. The Labute approximate surface area is 99.6 Å². The monoisotopic (exact) mass is 230 g/mol. The second-order valence-corrected chi connectivity index (χ2v) is 3.78. The summed E-state index contributed by atoms with van der Waals surface area (Å²) in [5, 5.41) is 28.5. The first kappa shape index (κ1) is 11.6. The van der Waals surface area contributed by atoms with Gasteiger partial charge in [0.15, 0.2) is 0 Å². The summed E-state index contributed by atoms with van der Waals surface area (Å²) in [6.07, 6.45) is 0. The molecular weight excluding hydrogens is 216 g/mol. The number of phenols is 1. The number of aliphatic hydroxyl groups excluding tert-OH is 2. The molecule has 0 radical (unpaired) electrons. The highest BCUT2D eigenvalue weighted by atomic mass is 16.3. The Morgan fingerprint density at radius 3 is 1.88 bits per heavy atom. The van der Waals surface area contributed by atoms with Crippen molar-refractivity contribution in [1.29, 1.82) is 0 Å². The minimum atomic E-state index is -0.127. The second-order valence-electron chi connectivity index (χ2n) is 3.78.